The first-order chi connectivity index (χ1) is 9.13. The minimum Gasteiger partial charge on any atom is -0.358 e. The molecule has 0 aliphatic carbocycles. The number of benzene rings is 1. The van der Waals surface area contributed by atoms with Crippen molar-refractivity contribution in [3.8, 4) is 6.07 Å². The van der Waals surface area contributed by atoms with Gasteiger partial charge in [0.05, 0.1) is 12.5 Å². The van der Waals surface area contributed by atoms with Crippen LogP contribution in [0.1, 0.15) is 13.3 Å². The van der Waals surface area contributed by atoms with Crippen LogP contribution in [0.3, 0.4) is 0 Å². The van der Waals surface area contributed by atoms with Crippen molar-refractivity contribution in [2.45, 2.75) is 19.4 Å². The van der Waals surface area contributed by atoms with Crippen molar-refractivity contribution in [3.63, 3.8) is 0 Å². The number of anilines is 1. The Kier molecular flexibility index (Phi) is 4.06. The Balaban J connectivity index is 2.36. The van der Waals surface area contributed by atoms with Gasteiger partial charge in [-0.25, -0.2) is 0 Å². The summed E-state index contributed by atoms with van der Waals surface area (Å²) in [6.07, 6.45) is 0.227. The van der Waals surface area contributed by atoms with E-state index >= 15 is 0 Å². The lowest BCUT2D eigenvalue weighted by atomic mass is 10.1. The molecule has 19 heavy (non-hydrogen) atoms. The van der Waals surface area contributed by atoms with E-state index < -0.39 is 0 Å². The van der Waals surface area contributed by atoms with Gasteiger partial charge in [0.25, 0.3) is 0 Å². The Hall–Kier alpha value is -2.02. The molecule has 1 amide bonds. The molecule has 0 spiro atoms. The smallest absolute Gasteiger partial charge is 0.246 e. The third-order valence-electron chi connectivity index (χ3n) is 3.50. The van der Waals surface area contributed by atoms with E-state index in [0.717, 1.165) is 18.8 Å². The molecule has 2 rings (SSSR count). The highest BCUT2D eigenvalue weighted by atomic mass is 16.2. The average molecular weight is 257 g/mol. The van der Waals surface area contributed by atoms with Crippen LogP contribution in [0.4, 0.5) is 5.69 Å². The minimum atomic E-state index is -0.373. The summed E-state index contributed by atoms with van der Waals surface area (Å²) < 4.78 is 0. The van der Waals surface area contributed by atoms with Gasteiger partial charge in [-0.1, -0.05) is 25.1 Å². The van der Waals surface area contributed by atoms with Crippen LogP contribution in [0, 0.1) is 17.2 Å². The molecule has 1 heterocycles. The van der Waals surface area contributed by atoms with E-state index in [9.17, 15) is 4.79 Å². The van der Waals surface area contributed by atoms with Gasteiger partial charge in [-0.05, 0) is 18.1 Å². The lowest BCUT2D eigenvalue weighted by Crippen LogP contribution is -2.44. The summed E-state index contributed by atoms with van der Waals surface area (Å²) in [5.74, 6) is 0.424. The molecule has 0 aromatic heterocycles. The monoisotopic (exact) mass is 257 g/mol. The van der Waals surface area contributed by atoms with E-state index in [2.05, 4.69) is 17.9 Å². The van der Waals surface area contributed by atoms with Crippen LogP contribution < -0.4 is 4.90 Å². The molecule has 0 saturated carbocycles. The van der Waals surface area contributed by atoms with Crippen LogP contribution in [-0.4, -0.2) is 37.0 Å². The van der Waals surface area contributed by atoms with Gasteiger partial charge >= 0.3 is 0 Å². The van der Waals surface area contributed by atoms with Gasteiger partial charge in [0.2, 0.25) is 5.91 Å². The van der Waals surface area contributed by atoms with Crippen molar-refractivity contribution in [1.29, 1.82) is 5.26 Å². The SMILES string of the molecule is CC1CN(C)C(=O)C(CC#N)N(c2ccccc2)C1. The summed E-state index contributed by atoms with van der Waals surface area (Å²) in [7, 11) is 1.82. The fraction of sp³-hybridized carbons (Fsp3) is 0.467. The molecule has 4 heteroatoms. The van der Waals surface area contributed by atoms with E-state index in [1.165, 1.54) is 0 Å². The first-order valence-electron chi connectivity index (χ1n) is 6.57. The molecule has 4 nitrogen and oxygen atoms in total. The molecule has 0 radical (unpaired) electrons. The van der Waals surface area contributed by atoms with Crippen LogP contribution in [0.2, 0.25) is 0 Å². The summed E-state index contributed by atoms with van der Waals surface area (Å²) in [5.41, 5.74) is 1.01. The Bertz CT molecular complexity index is 480. The Morgan fingerprint density at radius 2 is 2.00 bits per heavy atom. The van der Waals surface area contributed by atoms with E-state index in [-0.39, 0.29) is 18.4 Å². The van der Waals surface area contributed by atoms with Gasteiger partial charge in [0.1, 0.15) is 6.04 Å². The highest BCUT2D eigenvalue weighted by Crippen LogP contribution is 2.24. The minimum absolute atomic E-state index is 0.0368. The van der Waals surface area contributed by atoms with E-state index in [0.29, 0.717) is 5.92 Å². The maximum Gasteiger partial charge on any atom is 0.246 e. The molecule has 2 unspecified atom stereocenters. The van der Waals surface area contributed by atoms with Crippen molar-refractivity contribution < 1.29 is 4.79 Å². The lowest BCUT2D eigenvalue weighted by molar-refractivity contribution is -0.130. The van der Waals surface area contributed by atoms with Gasteiger partial charge in [-0.3, -0.25) is 4.79 Å². The fourth-order valence-electron chi connectivity index (χ4n) is 2.65. The van der Waals surface area contributed by atoms with Crippen molar-refractivity contribution in [3.05, 3.63) is 30.3 Å². The number of nitrogens with zero attached hydrogens (tertiary/aromatic N) is 3. The Morgan fingerprint density at radius 1 is 1.32 bits per heavy atom. The number of nitriles is 1. The van der Waals surface area contributed by atoms with Crippen molar-refractivity contribution in [1.82, 2.24) is 4.90 Å². The predicted molar refractivity (Wildman–Crippen MR) is 74.6 cm³/mol. The third-order valence-corrected chi connectivity index (χ3v) is 3.50. The summed E-state index contributed by atoms with van der Waals surface area (Å²) in [6, 6.07) is 11.6. The number of carbonyl (C=O) groups excluding carboxylic acids is 1. The van der Waals surface area contributed by atoms with Gasteiger partial charge in [0, 0.05) is 25.8 Å². The Labute approximate surface area is 114 Å². The number of amides is 1. The molecular formula is C15H19N3O. The quantitative estimate of drug-likeness (QED) is 0.812. The second kappa shape index (κ2) is 5.75. The number of rotatable bonds is 2. The van der Waals surface area contributed by atoms with Gasteiger partial charge in [-0.15, -0.1) is 0 Å². The van der Waals surface area contributed by atoms with Gasteiger partial charge in [0.15, 0.2) is 0 Å². The number of para-hydroxylation sites is 1. The zero-order chi connectivity index (χ0) is 13.8. The number of hydrogen-bond acceptors (Lipinski definition) is 3. The molecule has 0 N–H and O–H groups in total. The molecule has 1 aromatic carbocycles. The van der Waals surface area contributed by atoms with Gasteiger partial charge in [-0.2, -0.15) is 5.26 Å². The third kappa shape index (κ3) is 2.87. The van der Waals surface area contributed by atoms with E-state index in [1.807, 2.05) is 37.4 Å². The maximum absolute atomic E-state index is 12.4. The first kappa shape index (κ1) is 13.4. The fourth-order valence-corrected chi connectivity index (χ4v) is 2.65. The summed E-state index contributed by atoms with van der Waals surface area (Å²) in [4.78, 5) is 16.2. The Morgan fingerprint density at radius 3 is 2.63 bits per heavy atom. The highest BCUT2D eigenvalue weighted by Gasteiger charge is 2.33. The average Bonchev–Trinajstić information content (AvgIpc) is 2.52. The van der Waals surface area contributed by atoms with Crippen molar-refractivity contribution in [2.75, 3.05) is 25.0 Å². The standard InChI is InChI=1S/C15H19N3O/c1-12-10-17(2)15(19)14(8-9-16)18(11-12)13-6-4-3-5-7-13/h3-7,12,14H,8,10-11H2,1-2H3. The summed E-state index contributed by atoms with van der Waals surface area (Å²) in [5, 5.41) is 9.00. The topological polar surface area (TPSA) is 47.3 Å². The lowest BCUT2D eigenvalue weighted by Gasteiger charge is -2.30. The molecule has 1 aliphatic heterocycles. The summed E-state index contributed by atoms with van der Waals surface area (Å²) >= 11 is 0. The highest BCUT2D eigenvalue weighted by molar-refractivity contribution is 5.86. The van der Waals surface area contributed by atoms with Crippen LogP contribution in [-0.2, 0) is 4.79 Å². The van der Waals surface area contributed by atoms with E-state index in [1.54, 1.807) is 4.90 Å². The normalized spacial score (nSPS) is 23.9. The zero-order valence-corrected chi connectivity index (χ0v) is 11.4. The number of likely N-dealkylation sites (N-methyl/N-ethyl adjacent to an activating group) is 1. The predicted octanol–water partition coefficient (Wildman–Crippen LogP) is 1.88. The van der Waals surface area contributed by atoms with Crippen molar-refractivity contribution in [2.24, 2.45) is 5.92 Å². The van der Waals surface area contributed by atoms with E-state index in [4.69, 9.17) is 5.26 Å². The number of hydrogen-bond donors (Lipinski definition) is 0. The first-order valence-corrected chi connectivity index (χ1v) is 6.57. The summed E-state index contributed by atoms with van der Waals surface area (Å²) in [6.45, 7) is 3.67. The molecule has 1 aliphatic rings. The van der Waals surface area contributed by atoms with Gasteiger partial charge < -0.3 is 9.80 Å². The zero-order valence-electron chi connectivity index (χ0n) is 11.4. The molecule has 0 bridgehead atoms. The molecule has 1 fully saturated rings. The van der Waals surface area contributed by atoms with Crippen LogP contribution in [0.5, 0.6) is 0 Å². The van der Waals surface area contributed by atoms with Crippen LogP contribution >= 0.6 is 0 Å². The maximum atomic E-state index is 12.4. The van der Waals surface area contributed by atoms with Crippen LogP contribution in [0.25, 0.3) is 0 Å². The van der Waals surface area contributed by atoms with Crippen LogP contribution in [0.15, 0.2) is 30.3 Å². The molecule has 1 aromatic rings. The molecule has 2 atom stereocenters. The molecule has 100 valence electrons. The largest absolute Gasteiger partial charge is 0.358 e. The molecule has 1 saturated heterocycles. The molecular weight excluding hydrogens is 238 g/mol. The second-order valence-corrected chi connectivity index (χ2v) is 5.19. The number of carbonyl (C=O) groups is 1. The second-order valence-electron chi connectivity index (χ2n) is 5.19. The van der Waals surface area contributed by atoms with Crippen molar-refractivity contribution >= 4 is 11.6 Å².